The van der Waals surface area contributed by atoms with Gasteiger partial charge in [0.2, 0.25) is 5.95 Å². The lowest BCUT2D eigenvalue weighted by molar-refractivity contribution is 0.236. The number of imidazole rings is 1. The number of nitrogens with two attached hydrogens (primary N) is 1. The van der Waals surface area contributed by atoms with Crippen LogP contribution in [0.25, 0.3) is 11.0 Å². The minimum Gasteiger partial charge on any atom is -0.493 e. The molecule has 0 saturated heterocycles. The Bertz CT molecular complexity index is 641. The number of methoxy groups -OCH3 is 2. The van der Waals surface area contributed by atoms with Crippen LogP contribution in [0, 0.1) is 11.3 Å². The molecule has 116 valence electrons. The van der Waals surface area contributed by atoms with E-state index in [-0.39, 0.29) is 5.41 Å². The topological polar surface area (TPSA) is 62.3 Å². The van der Waals surface area contributed by atoms with Crippen molar-refractivity contribution in [2.24, 2.45) is 11.3 Å². The highest BCUT2D eigenvalue weighted by molar-refractivity contribution is 5.82. The fourth-order valence-corrected chi connectivity index (χ4v) is 2.21. The van der Waals surface area contributed by atoms with Crippen molar-refractivity contribution in [2.75, 3.05) is 20.0 Å². The van der Waals surface area contributed by atoms with Gasteiger partial charge in [-0.25, -0.2) is 4.98 Å². The van der Waals surface area contributed by atoms with Gasteiger partial charge in [0.1, 0.15) is 0 Å². The molecule has 5 heteroatoms. The first kappa shape index (κ1) is 15.5. The number of benzene rings is 1. The zero-order valence-corrected chi connectivity index (χ0v) is 13.7. The first-order chi connectivity index (χ1) is 9.77. The van der Waals surface area contributed by atoms with E-state index < -0.39 is 0 Å². The van der Waals surface area contributed by atoms with Crippen molar-refractivity contribution in [3.05, 3.63) is 12.1 Å². The molecule has 0 fully saturated rings. The molecule has 0 aliphatic carbocycles. The zero-order valence-electron chi connectivity index (χ0n) is 13.7. The molecule has 1 atom stereocenters. The Hall–Kier alpha value is -1.91. The average molecular weight is 291 g/mol. The summed E-state index contributed by atoms with van der Waals surface area (Å²) in [6.07, 6.45) is 0. The summed E-state index contributed by atoms with van der Waals surface area (Å²) in [6, 6.07) is 3.80. The Kier molecular flexibility index (Phi) is 4.03. The van der Waals surface area contributed by atoms with Gasteiger partial charge in [-0.2, -0.15) is 0 Å². The predicted octanol–water partition coefficient (Wildman–Crippen LogP) is 3.32. The number of aromatic nitrogens is 2. The maximum Gasteiger partial charge on any atom is 0.201 e. The number of ether oxygens (including phenoxy) is 2. The van der Waals surface area contributed by atoms with Crippen LogP contribution in [0.4, 0.5) is 5.95 Å². The van der Waals surface area contributed by atoms with Crippen LogP contribution < -0.4 is 15.2 Å². The van der Waals surface area contributed by atoms with Gasteiger partial charge in [-0.3, -0.25) is 0 Å². The van der Waals surface area contributed by atoms with Crippen molar-refractivity contribution in [2.45, 2.75) is 34.2 Å². The first-order valence-electron chi connectivity index (χ1n) is 7.15. The van der Waals surface area contributed by atoms with E-state index in [9.17, 15) is 0 Å². The molecule has 1 heterocycles. The van der Waals surface area contributed by atoms with Crippen LogP contribution in [0.3, 0.4) is 0 Å². The molecule has 21 heavy (non-hydrogen) atoms. The SMILES string of the molecule is COc1cc2nc(N)n(CC(C)C(C)(C)C)c2cc1OC. The van der Waals surface area contributed by atoms with E-state index in [4.69, 9.17) is 15.2 Å². The second kappa shape index (κ2) is 5.47. The van der Waals surface area contributed by atoms with Crippen molar-refractivity contribution in [1.82, 2.24) is 9.55 Å². The van der Waals surface area contributed by atoms with Crippen LogP contribution in [-0.2, 0) is 6.54 Å². The molecular formula is C16H25N3O2. The Labute approximate surface area is 126 Å². The van der Waals surface area contributed by atoms with E-state index in [0.29, 0.717) is 23.4 Å². The van der Waals surface area contributed by atoms with Gasteiger partial charge in [0.25, 0.3) is 0 Å². The summed E-state index contributed by atoms with van der Waals surface area (Å²) in [7, 11) is 3.25. The largest absolute Gasteiger partial charge is 0.493 e. The third kappa shape index (κ3) is 2.91. The Morgan fingerprint density at radius 2 is 1.76 bits per heavy atom. The second-order valence-electron chi connectivity index (χ2n) is 6.54. The van der Waals surface area contributed by atoms with Crippen molar-refractivity contribution in [1.29, 1.82) is 0 Å². The minimum absolute atomic E-state index is 0.208. The molecule has 0 aliphatic heterocycles. The molecule has 1 aromatic heterocycles. The predicted molar refractivity (Wildman–Crippen MR) is 85.9 cm³/mol. The summed E-state index contributed by atoms with van der Waals surface area (Å²) in [5.41, 5.74) is 8.10. The van der Waals surface area contributed by atoms with Crippen molar-refractivity contribution in [3.63, 3.8) is 0 Å². The van der Waals surface area contributed by atoms with E-state index in [1.165, 1.54) is 0 Å². The Morgan fingerprint density at radius 3 is 2.29 bits per heavy atom. The van der Waals surface area contributed by atoms with Gasteiger partial charge in [0, 0.05) is 18.7 Å². The maximum atomic E-state index is 6.10. The molecule has 1 unspecified atom stereocenters. The normalized spacial score (nSPS) is 13.4. The van der Waals surface area contributed by atoms with Crippen molar-refractivity contribution >= 4 is 17.0 Å². The van der Waals surface area contributed by atoms with Gasteiger partial charge in [-0.1, -0.05) is 27.7 Å². The standard InChI is InChI=1S/C16H25N3O2/c1-10(16(2,3)4)9-19-12-8-14(21-6)13(20-5)7-11(12)18-15(19)17/h7-8,10H,9H2,1-6H3,(H2,17,18). The first-order valence-corrected chi connectivity index (χ1v) is 7.15. The number of hydrogen-bond acceptors (Lipinski definition) is 4. The average Bonchev–Trinajstić information content (AvgIpc) is 2.71. The van der Waals surface area contributed by atoms with Gasteiger partial charge in [-0.05, 0) is 11.3 Å². The number of anilines is 1. The van der Waals surface area contributed by atoms with Crippen LogP contribution in [0.15, 0.2) is 12.1 Å². The van der Waals surface area contributed by atoms with Gasteiger partial charge in [-0.15, -0.1) is 0 Å². The maximum absolute atomic E-state index is 6.10. The Morgan fingerprint density at radius 1 is 1.19 bits per heavy atom. The van der Waals surface area contributed by atoms with E-state index in [1.54, 1.807) is 14.2 Å². The van der Waals surface area contributed by atoms with Crippen molar-refractivity contribution in [3.8, 4) is 11.5 Å². The van der Waals surface area contributed by atoms with E-state index in [0.717, 1.165) is 17.6 Å². The number of nitrogens with zero attached hydrogens (tertiary/aromatic N) is 2. The molecule has 0 bridgehead atoms. The molecule has 2 rings (SSSR count). The van der Waals surface area contributed by atoms with E-state index >= 15 is 0 Å². The zero-order chi connectivity index (χ0) is 15.8. The summed E-state index contributed by atoms with van der Waals surface area (Å²) in [5, 5.41) is 0. The lowest BCUT2D eigenvalue weighted by atomic mass is 9.82. The van der Waals surface area contributed by atoms with E-state index in [1.807, 2.05) is 16.7 Å². The number of hydrogen-bond donors (Lipinski definition) is 1. The van der Waals surface area contributed by atoms with Crippen molar-refractivity contribution < 1.29 is 9.47 Å². The highest BCUT2D eigenvalue weighted by Gasteiger charge is 2.22. The van der Waals surface area contributed by atoms with Gasteiger partial charge < -0.3 is 19.8 Å². The molecule has 5 nitrogen and oxygen atoms in total. The third-order valence-electron chi connectivity index (χ3n) is 4.22. The second-order valence-corrected chi connectivity index (χ2v) is 6.54. The fourth-order valence-electron chi connectivity index (χ4n) is 2.21. The monoisotopic (exact) mass is 291 g/mol. The summed E-state index contributed by atoms with van der Waals surface area (Å²) in [6.45, 7) is 9.75. The molecule has 0 amide bonds. The molecule has 1 aromatic carbocycles. The van der Waals surface area contributed by atoms with Crippen LogP contribution >= 0.6 is 0 Å². The number of fused-ring (bicyclic) bond motifs is 1. The van der Waals surface area contributed by atoms with Crippen LogP contribution in [0.2, 0.25) is 0 Å². The van der Waals surface area contributed by atoms with Gasteiger partial charge in [0.15, 0.2) is 11.5 Å². The molecule has 0 aliphatic rings. The lowest BCUT2D eigenvalue weighted by Gasteiger charge is -2.28. The molecule has 0 saturated carbocycles. The van der Waals surface area contributed by atoms with Crippen LogP contribution in [-0.4, -0.2) is 23.8 Å². The summed E-state index contributed by atoms with van der Waals surface area (Å²) in [4.78, 5) is 4.44. The summed E-state index contributed by atoms with van der Waals surface area (Å²) >= 11 is 0. The molecular weight excluding hydrogens is 266 g/mol. The molecule has 2 aromatic rings. The van der Waals surface area contributed by atoms with Gasteiger partial charge in [0.05, 0.1) is 25.3 Å². The summed E-state index contributed by atoms with van der Waals surface area (Å²) < 4.78 is 12.7. The molecule has 0 spiro atoms. The summed E-state index contributed by atoms with van der Waals surface area (Å²) in [5.74, 6) is 2.34. The van der Waals surface area contributed by atoms with Crippen LogP contribution in [0.1, 0.15) is 27.7 Å². The molecule has 0 radical (unpaired) electrons. The number of rotatable bonds is 4. The highest BCUT2D eigenvalue weighted by Crippen LogP contribution is 2.34. The lowest BCUT2D eigenvalue weighted by Crippen LogP contribution is -2.23. The van der Waals surface area contributed by atoms with Crippen LogP contribution in [0.5, 0.6) is 11.5 Å². The van der Waals surface area contributed by atoms with E-state index in [2.05, 4.69) is 32.7 Å². The third-order valence-corrected chi connectivity index (χ3v) is 4.22. The Balaban J connectivity index is 2.51. The highest BCUT2D eigenvalue weighted by atomic mass is 16.5. The number of nitrogen functional groups attached to an aromatic ring is 1. The molecule has 2 N–H and O–H groups in total. The van der Waals surface area contributed by atoms with Gasteiger partial charge >= 0.3 is 0 Å². The minimum atomic E-state index is 0.208. The smallest absolute Gasteiger partial charge is 0.201 e. The fraction of sp³-hybridized carbons (Fsp3) is 0.562. The quantitative estimate of drug-likeness (QED) is 0.938.